The second-order valence-electron chi connectivity index (χ2n) is 11.2. The first-order chi connectivity index (χ1) is 17.1. The van der Waals surface area contributed by atoms with Gasteiger partial charge in [0.25, 0.3) is 0 Å². The summed E-state index contributed by atoms with van der Waals surface area (Å²) in [6, 6.07) is 3.89. The molecular weight excluding hydrogens is 458 g/mol. The van der Waals surface area contributed by atoms with E-state index in [1.807, 2.05) is 19.1 Å². The zero-order valence-corrected chi connectivity index (χ0v) is 22.7. The van der Waals surface area contributed by atoms with Gasteiger partial charge in [-0.1, -0.05) is 32.4 Å². The van der Waals surface area contributed by atoms with Crippen LogP contribution in [0.2, 0.25) is 0 Å². The zero-order valence-electron chi connectivity index (χ0n) is 22.7. The van der Waals surface area contributed by atoms with Crippen molar-refractivity contribution >= 4 is 6.09 Å². The third kappa shape index (κ3) is 5.99. The summed E-state index contributed by atoms with van der Waals surface area (Å²) in [4.78, 5) is 18.7. The normalized spacial score (nSPS) is 22.4. The summed E-state index contributed by atoms with van der Waals surface area (Å²) >= 11 is 0. The summed E-state index contributed by atoms with van der Waals surface area (Å²) in [6.45, 7) is 10.5. The second kappa shape index (κ2) is 10.7. The number of amides is 1. The van der Waals surface area contributed by atoms with E-state index in [9.17, 15) is 4.79 Å². The fraction of sp³-hybridized carbons (Fsp3) is 0.704. The molecule has 198 valence electrons. The topological polar surface area (TPSA) is 91.6 Å². The fourth-order valence-corrected chi connectivity index (χ4v) is 5.45. The molecule has 0 aliphatic heterocycles. The lowest BCUT2D eigenvalue weighted by molar-refractivity contribution is 0.0789. The molecule has 2 aromatic heterocycles. The minimum Gasteiger partial charge on any atom is -0.488 e. The number of aryl methyl sites for hydroxylation is 2. The highest BCUT2D eigenvalue weighted by Crippen LogP contribution is 2.62. The van der Waals surface area contributed by atoms with Crippen molar-refractivity contribution in [2.45, 2.75) is 78.9 Å². The molecule has 2 aliphatic rings. The Kier molecular flexibility index (Phi) is 7.87. The molecule has 36 heavy (non-hydrogen) atoms. The van der Waals surface area contributed by atoms with Gasteiger partial charge in [-0.25, -0.2) is 14.5 Å². The maximum atomic E-state index is 12.4. The predicted molar refractivity (Wildman–Crippen MR) is 137 cm³/mol. The Balaban J connectivity index is 1.37. The van der Waals surface area contributed by atoms with Crippen LogP contribution in [0.5, 0.6) is 5.75 Å². The summed E-state index contributed by atoms with van der Waals surface area (Å²) in [6.07, 6.45) is 7.02. The highest BCUT2D eigenvalue weighted by molar-refractivity contribution is 5.67. The van der Waals surface area contributed by atoms with Gasteiger partial charge in [-0.05, 0) is 56.6 Å². The minimum atomic E-state index is -0.417. The average molecular weight is 500 g/mol. The number of carbonyl (C=O) groups excluding carboxylic acids is 1. The van der Waals surface area contributed by atoms with Gasteiger partial charge in [-0.2, -0.15) is 0 Å². The number of aromatic nitrogens is 4. The maximum Gasteiger partial charge on any atom is 0.409 e. The van der Waals surface area contributed by atoms with Crippen molar-refractivity contribution in [2.75, 3.05) is 26.8 Å². The van der Waals surface area contributed by atoms with Crippen LogP contribution in [-0.4, -0.2) is 63.9 Å². The number of ether oxygens (including phenoxy) is 3. The van der Waals surface area contributed by atoms with E-state index in [1.54, 1.807) is 18.8 Å². The van der Waals surface area contributed by atoms with Gasteiger partial charge in [0.15, 0.2) is 0 Å². The molecule has 2 fully saturated rings. The Labute approximate surface area is 214 Å². The Hall–Kier alpha value is -2.68. The molecule has 0 aromatic carbocycles. The van der Waals surface area contributed by atoms with Crippen molar-refractivity contribution in [2.24, 2.45) is 17.9 Å². The summed E-state index contributed by atoms with van der Waals surface area (Å²) in [5, 5.41) is 8.43. The number of pyridine rings is 1. The molecule has 1 amide bonds. The highest BCUT2D eigenvalue weighted by Gasteiger charge is 2.59. The van der Waals surface area contributed by atoms with Crippen LogP contribution in [0.15, 0.2) is 12.1 Å². The van der Waals surface area contributed by atoms with Gasteiger partial charge in [0, 0.05) is 32.7 Å². The van der Waals surface area contributed by atoms with E-state index in [0.29, 0.717) is 47.7 Å². The molecule has 2 saturated carbocycles. The molecule has 1 spiro atoms. The van der Waals surface area contributed by atoms with E-state index in [0.717, 1.165) is 24.3 Å². The number of hydrogen-bond acceptors (Lipinski definition) is 7. The molecule has 0 N–H and O–H groups in total. The molecule has 9 heteroatoms. The molecule has 1 unspecified atom stereocenters. The highest BCUT2D eigenvalue weighted by atomic mass is 16.6. The van der Waals surface area contributed by atoms with Crippen molar-refractivity contribution in [3.63, 3.8) is 0 Å². The molecule has 9 nitrogen and oxygen atoms in total. The van der Waals surface area contributed by atoms with E-state index < -0.39 is 6.09 Å². The van der Waals surface area contributed by atoms with Crippen LogP contribution in [0, 0.1) is 17.8 Å². The van der Waals surface area contributed by atoms with Crippen LogP contribution >= 0.6 is 0 Å². The Morgan fingerprint density at radius 2 is 2.06 bits per heavy atom. The molecule has 0 radical (unpaired) electrons. The van der Waals surface area contributed by atoms with Crippen LogP contribution in [0.4, 0.5) is 4.79 Å². The van der Waals surface area contributed by atoms with Gasteiger partial charge in [0.2, 0.25) is 0 Å². The Bertz CT molecular complexity index is 1070. The Morgan fingerprint density at radius 3 is 2.78 bits per heavy atom. The fourth-order valence-electron chi connectivity index (χ4n) is 5.45. The first-order valence-electron chi connectivity index (χ1n) is 13.1. The van der Waals surface area contributed by atoms with Crippen LogP contribution in [0.25, 0.3) is 11.4 Å². The molecule has 2 heterocycles. The summed E-state index contributed by atoms with van der Waals surface area (Å²) < 4.78 is 19.0. The number of carbonyl (C=O) groups is 1. The number of nitrogens with zero attached hydrogens (tertiary/aromatic N) is 5. The summed E-state index contributed by atoms with van der Waals surface area (Å²) in [5.74, 6) is 0.827. The Morgan fingerprint density at radius 1 is 1.25 bits per heavy atom. The SMILES string of the molecule is CCCOCCN(C)C(=O)OCc1c(-c2ccc(O[C@H]3CC34CCCC(C)(C)C4)c(C)n2)nnn1C. The van der Waals surface area contributed by atoms with Crippen LogP contribution in [-0.2, 0) is 23.1 Å². The van der Waals surface area contributed by atoms with Crippen molar-refractivity contribution in [3.05, 3.63) is 23.5 Å². The molecule has 2 atom stereocenters. The van der Waals surface area contributed by atoms with Gasteiger partial charge >= 0.3 is 6.09 Å². The lowest BCUT2D eigenvalue weighted by Gasteiger charge is -2.36. The van der Waals surface area contributed by atoms with Crippen LogP contribution < -0.4 is 4.74 Å². The molecule has 0 saturated heterocycles. The van der Waals surface area contributed by atoms with Gasteiger partial charge in [0.05, 0.1) is 18.0 Å². The third-order valence-electron chi connectivity index (χ3n) is 7.53. The van der Waals surface area contributed by atoms with E-state index in [4.69, 9.17) is 19.2 Å². The monoisotopic (exact) mass is 499 g/mol. The van der Waals surface area contributed by atoms with Crippen LogP contribution in [0.3, 0.4) is 0 Å². The molecule has 2 aliphatic carbocycles. The average Bonchev–Trinajstić information content (AvgIpc) is 3.31. The quantitative estimate of drug-likeness (QED) is 0.429. The number of hydrogen-bond donors (Lipinski definition) is 0. The van der Waals surface area contributed by atoms with E-state index in [1.165, 1.54) is 30.6 Å². The van der Waals surface area contributed by atoms with Crippen molar-refractivity contribution in [1.29, 1.82) is 0 Å². The molecule has 2 aromatic rings. The molecular formula is C27H41N5O4. The lowest BCUT2D eigenvalue weighted by atomic mass is 9.70. The molecule has 0 bridgehead atoms. The van der Waals surface area contributed by atoms with Gasteiger partial charge in [0.1, 0.15) is 29.8 Å². The van der Waals surface area contributed by atoms with E-state index in [-0.39, 0.29) is 12.7 Å². The van der Waals surface area contributed by atoms with Gasteiger partial charge in [-0.15, -0.1) is 5.10 Å². The van der Waals surface area contributed by atoms with E-state index >= 15 is 0 Å². The maximum absolute atomic E-state index is 12.4. The van der Waals surface area contributed by atoms with E-state index in [2.05, 4.69) is 31.1 Å². The largest absolute Gasteiger partial charge is 0.488 e. The zero-order chi connectivity index (χ0) is 25.9. The standard InChI is InChI=1S/C27H41N5O4/c1-7-14-34-15-13-31(5)25(33)35-17-21-24(29-30-32(21)6)20-9-10-22(19(2)28-20)36-23-16-27(23)12-8-11-26(3,4)18-27/h9-10,23H,7-8,11-18H2,1-6H3/t23-,27?/m0/s1. The summed E-state index contributed by atoms with van der Waals surface area (Å²) in [5.41, 5.74) is 3.53. The minimum absolute atomic E-state index is 0.0528. The van der Waals surface area contributed by atoms with Crippen LogP contribution in [0.1, 0.15) is 70.7 Å². The second-order valence-corrected chi connectivity index (χ2v) is 11.2. The van der Waals surface area contributed by atoms with Gasteiger partial charge in [-0.3, -0.25) is 0 Å². The molecule has 4 rings (SSSR count). The first kappa shape index (κ1) is 26.4. The van der Waals surface area contributed by atoms with Crippen molar-refractivity contribution < 1.29 is 19.0 Å². The number of likely N-dealkylation sites (N-methyl/N-ethyl adjacent to an activating group) is 1. The first-order valence-corrected chi connectivity index (χ1v) is 13.1. The summed E-state index contributed by atoms with van der Waals surface area (Å²) in [7, 11) is 3.48. The smallest absolute Gasteiger partial charge is 0.409 e. The lowest BCUT2D eigenvalue weighted by Crippen LogP contribution is -2.31. The van der Waals surface area contributed by atoms with Crippen molar-refractivity contribution in [1.82, 2.24) is 24.9 Å². The number of rotatable bonds is 10. The third-order valence-corrected chi connectivity index (χ3v) is 7.53. The van der Waals surface area contributed by atoms with Crippen molar-refractivity contribution in [3.8, 4) is 17.1 Å². The predicted octanol–water partition coefficient (Wildman–Crippen LogP) is 4.92. The van der Waals surface area contributed by atoms with Gasteiger partial charge < -0.3 is 19.1 Å².